The van der Waals surface area contributed by atoms with Crippen molar-refractivity contribution in [2.24, 2.45) is 0 Å². The number of rotatable bonds is 1. The van der Waals surface area contributed by atoms with Crippen LogP contribution in [0.4, 0.5) is 22.0 Å². The van der Waals surface area contributed by atoms with E-state index in [-0.39, 0.29) is 21.5 Å². The molecular weight excluding hydrogens is 179 g/mol. The third kappa shape index (κ3) is 54.2. The summed E-state index contributed by atoms with van der Waals surface area (Å²) in [4.78, 5) is 0. The second kappa shape index (κ2) is 13.3. The van der Waals surface area contributed by atoms with E-state index in [2.05, 4.69) is 0 Å². The first-order valence-corrected chi connectivity index (χ1v) is 2.66. The van der Waals surface area contributed by atoms with Crippen molar-refractivity contribution < 1.29 is 22.0 Å². The van der Waals surface area contributed by atoms with Crippen LogP contribution in [-0.2, 0) is 0 Å². The van der Waals surface area contributed by atoms with Gasteiger partial charge in [0.25, 0.3) is 0 Å². The van der Waals surface area contributed by atoms with Crippen molar-refractivity contribution in [2.75, 3.05) is 13.3 Å². The highest BCUT2D eigenvalue weighted by molar-refractivity contribution is 4.39. The molecule has 0 aliphatic rings. The smallest absolute Gasteiger partial charge is 0.251 e. The predicted octanol–water partition coefficient (Wildman–Crippen LogP) is 4.16. The molecule has 0 rings (SSSR count). The van der Waals surface area contributed by atoms with Crippen LogP contribution in [0.2, 0.25) is 0 Å². The maximum atomic E-state index is 10.7. The molecule has 0 aliphatic heterocycles. The van der Waals surface area contributed by atoms with Crippen LogP contribution in [-0.4, -0.2) is 19.5 Å². The van der Waals surface area contributed by atoms with Crippen molar-refractivity contribution in [3.05, 3.63) is 0 Å². The minimum atomic E-state index is -4.62. The Hall–Kier alpha value is -0.350. The largest absolute Gasteiger partial charge is 0.416 e. The summed E-state index contributed by atoms with van der Waals surface area (Å²) >= 11 is 0. The Balaban J connectivity index is -0.0000000483. The molecule has 0 saturated carbocycles. The molecular formula is C7H17F5. The van der Waals surface area contributed by atoms with Gasteiger partial charge < -0.3 is 0 Å². The van der Waals surface area contributed by atoms with Crippen LogP contribution in [0.15, 0.2) is 0 Å². The SMILES string of the molecule is C.C.CCCF.FCC(F)(F)F. The minimum Gasteiger partial charge on any atom is -0.251 e. The predicted molar refractivity (Wildman–Crippen MR) is 41.8 cm³/mol. The van der Waals surface area contributed by atoms with Gasteiger partial charge in [0.2, 0.25) is 0 Å². The fourth-order valence-electron chi connectivity index (χ4n) is 0. The van der Waals surface area contributed by atoms with E-state index in [1.54, 1.807) is 6.92 Å². The summed E-state index contributed by atoms with van der Waals surface area (Å²) in [5, 5.41) is 0. The number of hydrogen-bond donors (Lipinski definition) is 0. The van der Waals surface area contributed by atoms with Crippen LogP contribution in [0.1, 0.15) is 28.2 Å². The van der Waals surface area contributed by atoms with Crippen molar-refractivity contribution in [3.8, 4) is 0 Å². The topological polar surface area (TPSA) is 0 Å². The van der Waals surface area contributed by atoms with Gasteiger partial charge in [0.15, 0.2) is 6.67 Å². The summed E-state index contributed by atoms with van der Waals surface area (Å²) in [6, 6.07) is 0. The van der Waals surface area contributed by atoms with Crippen LogP contribution in [0, 0.1) is 0 Å². The molecule has 0 heterocycles. The average molecular weight is 196 g/mol. The molecule has 0 nitrogen and oxygen atoms in total. The molecule has 0 radical (unpaired) electrons. The van der Waals surface area contributed by atoms with Crippen molar-refractivity contribution >= 4 is 0 Å². The zero-order chi connectivity index (χ0) is 8.62. The second-order valence-electron chi connectivity index (χ2n) is 1.44. The van der Waals surface area contributed by atoms with E-state index in [4.69, 9.17) is 0 Å². The molecule has 0 spiro atoms. The van der Waals surface area contributed by atoms with E-state index >= 15 is 0 Å². The van der Waals surface area contributed by atoms with Gasteiger partial charge in [0, 0.05) is 0 Å². The van der Waals surface area contributed by atoms with Gasteiger partial charge in [-0.2, -0.15) is 13.2 Å². The van der Waals surface area contributed by atoms with Gasteiger partial charge in [0.1, 0.15) is 0 Å². The van der Waals surface area contributed by atoms with Gasteiger partial charge >= 0.3 is 6.18 Å². The quantitative estimate of drug-likeness (QED) is 0.552. The maximum absolute atomic E-state index is 10.7. The van der Waals surface area contributed by atoms with E-state index in [0.29, 0.717) is 6.42 Å². The number of halogens is 5. The van der Waals surface area contributed by atoms with E-state index < -0.39 is 12.9 Å². The zero-order valence-corrected chi connectivity index (χ0v) is 5.51. The van der Waals surface area contributed by atoms with Crippen LogP contribution < -0.4 is 0 Å². The lowest BCUT2D eigenvalue weighted by molar-refractivity contribution is -0.142. The summed E-state index contributed by atoms with van der Waals surface area (Å²) in [5.74, 6) is 0. The molecule has 80 valence electrons. The Labute approximate surface area is 70.8 Å². The van der Waals surface area contributed by atoms with Gasteiger partial charge in [-0.25, -0.2) is 4.39 Å². The Morgan fingerprint density at radius 2 is 1.17 bits per heavy atom. The first-order chi connectivity index (χ1) is 4.47. The lowest BCUT2D eigenvalue weighted by atomic mass is 10.6. The van der Waals surface area contributed by atoms with Gasteiger partial charge in [0.05, 0.1) is 6.67 Å². The molecule has 0 aromatic carbocycles. The maximum Gasteiger partial charge on any atom is 0.416 e. The van der Waals surface area contributed by atoms with Crippen LogP contribution in [0.25, 0.3) is 0 Å². The highest BCUT2D eigenvalue weighted by atomic mass is 19.4. The fraction of sp³-hybridized carbons (Fsp3) is 1.00. The van der Waals surface area contributed by atoms with Gasteiger partial charge in [-0.3, -0.25) is 4.39 Å². The summed E-state index contributed by atoms with van der Waals surface area (Å²) in [7, 11) is 0. The van der Waals surface area contributed by atoms with Gasteiger partial charge in [-0.15, -0.1) is 0 Å². The van der Waals surface area contributed by atoms with Crippen molar-refractivity contribution in [3.63, 3.8) is 0 Å². The van der Waals surface area contributed by atoms with Gasteiger partial charge in [-0.1, -0.05) is 21.8 Å². The Morgan fingerprint density at radius 1 is 1.00 bits per heavy atom. The average Bonchev–Trinajstić information content (AvgIpc) is 1.87. The van der Waals surface area contributed by atoms with E-state index in [9.17, 15) is 22.0 Å². The van der Waals surface area contributed by atoms with Crippen molar-refractivity contribution in [2.45, 2.75) is 34.4 Å². The molecule has 0 aromatic rings. The van der Waals surface area contributed by atoms with E-state index in [1.807, 2.05) is 0 Å². The lowest BCUT2D eigenvalue weighted by Crippen LogP contribution is -2.08. The van der Waals surface area contributed by atoms with E-state index in [1.165, 1.54) is 0 Å². The molecule has 0 bridgehead atoms. The highest BCUT2D eigenvalue weighted by Gasteiger charge is 2.26. The summed E-state index contributed by atoms with van der Waals surface area (Å²) in [5.41, 5.74) is 0. The third-order valence-electron chi connectivity index (χ3n) is 0.341. The first-order valence-electron chi connectivity index (χ1n) is 2.66. The lowest BCUT2D eigenvalue weighted by Gasteiger charge is -1.93. The van der Waals surface area contributed by atoms with E-state index in [0.717, 1.165) is 0 Å². The Morgan fingerprint density at radius 3 is 1.17 bits per heavy atom. The third-order valence-corrected chi connectivity index (χ3v) is 0.341. The monoisotopic (exact) mass is 196 g/mol. The molecule has 0 N–H and O–H groups in total. The standard InChI is InChI=1S/C3H7F.C2H2F4.2CH4/c1-2-3-4;3-1-2(4,5)6;;/h2-3H2,1H3;1H2;2*1H4. The first kappa shape index (κ1) is 22.6. The molecule has 0 unspecified atom stereocenters. The molecule has 0 fully saturated rings. The molecule has 5 heteroatoms. The molecule has 0 atom stereocenters. The molecule has 0 aliphatic carbocycles. The number of alkyl halides is 5. The van der Waals surface area contributed by atoms with Gasteiger partial charge in [-0.05, 0) is 6.42 Å². The minimum absolute atomic E-state index is 0. The molecule has 0 saturated heterocycles. The van der Waals surface area contributed by atoms with Crippen molar-refractivity contribution in [1.29, 1.82) is 0 Å². The zero-order valence-electron chi connectivity index (χ0n) is 5.51. The van der Waals surface area contributed by atoms with Crippen LogP contribution in [0.3, 0.4) is 0 Å². The summed E-state index contributed by atoms with van der Waals surface area (Å²) in [6.07, 6.45) is -3.97. The highest BCUT2D eigenvalue weighted by Crippen LogP contribution is 2.13. The van der Waals surface area contributed by atoms with Crippen molar-refractivity contribution in [1.82, 2.24) is 0 Å². The fourth-order valence-corrected chi connectivity index (χ4v) is 0. The van der Waals surface area contributed by atoms with Crippen LogP contribution >= 0.6 is 0 Å². The summed E-state index contributed by atoms with van der Waals surface area (Å²) in [6.45, 7) is -0.604. The second-order valence-corrected chi connectivity index (χ2v) is 1.44. The molecule has 0 amide bonds. The number of hydrogen-bond acceptors (Lipinski definition) is 0. The Bertz CT molecular complexity index is 57.3. The van der Waals surface area contributed by atoms with Crippen LogP contribution in [0.5, 0.6) is 0 Å². The summed E-state index contributed by atoms with van der Waals surface area (Å²) < 4.78 is 52.3. The Kier molecular flexibility index (Phi) is 24.9. The molecule has 12 heavy (non-hydrogen) atoms. The normalized spacial score (nSPS) is 8.50. The molecule has 0 aromatic heterocycles.